The second-order valence-electron chi connectivity index (χ2n) is 8.50. The van der Waals surface area contributed by atoms with Gasteiger partial charge in [0.2, 0.25) is 0 Å². The van der Waals surface area contributed by atoms with Crippen LogP contribution in [-0.4, -0.2) is 72.1 Å². The van der Waals surface area contributed by atoms with Gasteiger partial charge < -0.3 is 29.8 Å². The van der Waals surface area contributed by atoms with Crippen molar-refractivity contribution in [1.29, 1.82) is 0 Å². The van der Waals surface area contributed by atoms with Gasteiger partial charge in [-0.25, -0.2) is 9.59 Å². The highest BCUT2D eigenvalue weighted by molar-refractivity contribution is 6.27. The van der Waals surface area contributed by atoms with Gasteiger partial charge in [0.05, 0.1) is 12.3 Å². The van der Waals surface area contributed by atoms with Crippen molar-refractivity contribution in [3.05, 3.63) is 54.0 Å². The van der Waals surface area contributed by atoms with Crippen LogP contribution in [0.15, 0.2) is 47.1 Å². The number of aliphatic hydroxyl groups excluding tert-OH is 1. The number of likely N-dealkylation sites (N-methyl/N-ethyl adjacent to an activating group) is 1. The number of furan rings is 1. The number of nitrogens with zero attached hydrogens (tertiary/aromatic N) is 1. The summed E-state index contributed by atoms with van der Waals surface area (Å²) in [6.07, 6.45) is 1.11. The predicted molar refractivity (Wildman–Crippen MR) is 120 cm³/mol. The van der Waals surface area contributed by atoms with Gasteiger partial charge in [0, 0.05) is 13.1 Å². The number of hydrogen-bond donors (Lipinski definition) is 4. The molecule has 2 atom stereocenters. The molecule has 9 nitrogen and oxygen atoms in total. The van der Waals surface area contributed by atoms with E-state index in [4.69, 9.17) is 29.0 Å². The van der Waals surface area contributed by atoms with Crippen molar-refractivity contribution >= 4 is 11.9 Å². The largest absolute Gasteiger partial charge is 0.491 e. The third kappa shape index (κ3) is 9.95. The molecule has 1 aromatic heterocycles. The van der Waals surface area contributed by atoms with Gasteiger partial charge in [-0.1, -0.05) is 32.9 Å². The van der Waals surface area contributed by atoms with Gasteiger partial charge in [-0.2, -0.15) is 0 Å². The highest BCUT2D eigenvalue weighted by Crippen LogP contribution is 2.24. The first kappa shape index (κ1) is 27.2. The smallest absolute Gasteiger partial charge is 0.414 e. The Hall–Kier alpha value is -2.88. The molecule has 0 aliphatic carbocycles. The molecular formula is C23H34N2O7. The van der Waals surface area contributed by atoms with Crippen LogP contribution in [-0.2, 0) is 15.0 Å². The molecule has 0 radical (unpaired) electrons. The van der Waals surface area contributed by atoms with Crippen molar-refractivity contribution in [1.82, 2.24) is 10.2 Å². The molecule has 1 aromatic carbocycles. The average Bonchev–Trinajstić information content (AvgIpc) is 3.23. The van der Waals surface area contributed by atoms with E-state index in [2.05, 4.69) is 43.1 Å². The fourth-order valence-electron chi connectivity index (χ4n) is 2.71. The highest BCUT2D eigenvalue weighted by Gasteiger charge is 2.17. The van der Waals surface area contributed by atoms with Crippen LogP contribution >= 0.6 is 0 Å². The number of benzene rings is 1. The molecule has 0 bridgehead atoms. The van der Waals surface area contributed by atoms with Crippen LogP contribution < -0.4 is 10.1 Å². The Bertz CT molecular complexity index is 800. The summed E-state index contributed by atoms with van der Waals surface area (Å²) in [5, 5.41) is 28.2. The van der Waals surface area contributed by atoms with E-state index in [0.717, 1.165) is 11.5 Å². The van der Waals surface area contributed by atoms with E-state index in [-0.39, 0.29) is 18.1 Å². The number of ether oxygens (including phenoxy) is 1. The summed E-state index contributed by atoms with van der Waals surface area (Å²) in [6, 6.07) is 12.0. The molecule has 2 unspecified atom stereocenters. The van der Waals surface area contributed by atoms with Gasteiger partial charge >= 0.3 is 11.9 Å². The van der Waals surface area contributed by atoms with Gasteiger partial charge in [0.15, 0.2) is 0 Å². The second-order valence-corrected chi connectivity index (χ2v) is 8.50. The molecule has 9 heteroatoms. The molecule has 0 aliphatic rings. The number of rotatable bonds is 9. The molecule has 0 fully saturated rings. The monoisotopic (exact) mass is 450 g/mol. The Labute approximate surface area is 188 Å². The van der Waals surface area contributed by atoms with Crippen LogP contribution in [0.3, 0.4) is 0 Å². The maximum absolute atomic E-state index is 10.2. The zero-order valence-electron chi connectivity index (χ0n) is 19.2. The van der Waals surface area contributed by atoms with E-state index < -0.39 is 18.0 Å². The maximum Gasteiger partial charge on any atom is 0.414 e. The van der Waals surface area contributed by atoms with Crippen LogP contribution in [0.4, 0.5) is 0 Å². The predicted octanol–water partition coefficient (Wildman–Crippen LogP) is 2.36. The Balaban J connectivity index is 0.000000751. The van der Waals surface area contributed by atoms with Crippen LogP contribution in [0.5, 0.6) is 5.75 Å². The lowest BCUT2D eigenvalue weighted by molar-refractivity contribution is -0.159. The summed E-state index contributed by atoms with van der Waals surface area (Å²) >= 11 is 0. The van der Waals surface area contributed by atoms with Crippen molar-refractivity contribution in [2.24, 2.45) is 0 Å². The minimum absolute atomic E-state index is 0.124. The normalized spacial score (nSPS) is 13.1. The van der Waals surface area contributed by atoms with Crippen LogP contribution in [0.2, 0.25) is 0 Å². The molecule has 178 valence electrons. The second kappa shape index (κ2) is 12.8. The van der Waals surface area contributed by atoms with E-state index in [1.54, 1.807) is 6.26 Å². The molecule has 0 saturated heterocycles. The van der Waals surface area contributed by atoms with Crippen LogP contribution in [0, 0.1) is 0 Å². The van der Waals surface area contributed by atoms with Crippen molar-refractivity contribution in [3.8, 4) is 5.75 Å². The molecule has 2 aromatic rings. The van der Waals surface area contributed by atoms with Crippen LogP contribution in [0.25, 0.3) is 0 Å². The molecule has 1 heterocycles. The van der Waals surface area contributed by atoms with Crippen molar-refractivity contribution in [2.75, 3.05) is 33.8 Å². The number of carboxylic acids is 2. The number of carbonyl (C=O) groups is 2. The van der Waals surface area contributed by atoms with E-state index in [1.165, 1.54) is 5.56 Å². The first-order chi connectivity index (χ1) is 14.9. The number of aliphatic hydroxyl groups is 1. The SMILES string of the molecule is CN(C)C(CNCC(O)COc1ccc(C(C)(C)C)cc1)c1ccco1.O=C(O)C(=O)O. The standard InChI is InChI=1S/C21H32N2O3.C2H2O4/c1-21(2,3)16-8-10-18(11-9-16)26-15-17(24)13-22-14-19(23(4)5)20-7-6-12-25-20;3-1(4)2(5)6/h6-12,17,19,22,24H,13-15H2,1-5H3;(H,3,4)(H,5,6). The third-order valence-corrected chi connectivity index (χ3v) is 4.56. The summed E-state index contributed by atoms with van der Waals surface area (Å²) in [6.45, 7) is 7.96. The van der Waals surface area contributed by atoms with Crippen molar-refractivity contribution < 1.29 is 34.1 Å². The molecular weight excluding hydrogens is 416 g/mol. The van der Waals surface area contributed by atoms with E-state index in [1.807, 2.05) is 38.4 Å². The Morgan fingerprint density at radius 2 is 1.66 bits per heavy atom. The highest BCUT2D eigenvalue weighted by atomic mass is 16.5. The van der Waals surface area contributed by atoms with E-state index in [9.17, 15) is 5.11 Å². The molecule has 0 saturated carbocycles. The quantitative estimate of drug-likeness (QED) is 0.425. The van der Waals surface area contributed by atoms with Gasteiger partial charge in [0.1, 0.15) is 24.2 Å². The fraction of sp³-hybridized carbons (Fsp3) is 0.478. The lowest BCUT2D eigenvalue weighted by Gasteiger charge is -2.23. The maximum atomic E-state index is 10.2. The molecule has 4 N–H and O–H groups in total. The summed E-state index contributed by atoms with van der Waals surface area (Å²) < 4.78 is 11.2. The summed E-state index contributed by atoms with van der Waals surface area (Å²) in [7, 11) is 4.02. The first-order valence-electron chi connectivity index (χ1n) is 10.2. The van der Waals surface area contributed by atoms with Gasteiger partial charge in [-0.15, -0.1) is 0 Å². The van der Waals surface area contributed by atoms with Gasteiger partial charge in [-0.3, -0.25) is 4.90 Å². The van der Waals surface area contributed by atoms with Crippen molar-refractivity contribution in [3.63, 3.8) is 0 Å². The fourth-order valence-corrected chi connectivity index (χ4v) is 2.71. The summed E-state index contributed by atoms with van der Waals surface area (Å²) in [5.74, 6) is -1.96. The number of hydrogen-bond acceptors (Lipinski definition) is 7. The minimum atomic E-state index is -1.82. The molecule has 0 amide bonds. The molecule has 32 heavy (non-hydrogen) atoms. The average molecular weight is 451 g/mol. The zero-order valence-corrected chi connectivity index (χ0v) is 19.2. The van der Waals surface area contributed by atoms with E-state index >= 15 is 0 Å². The van der Waals surface area contributed by atoms with Crippen LogP contribution in [0.1, 0.15) is 38.1 Å². The number of nitrogens with one attached hydrogen (secondary N) is 1. The Morgan fingerprint density at radius 1 is 1.06 bits per heavy atom. The topological polar surface area (TPSA) is 132 Å². The number of carboxylic acid groups (broad SMARTS) is 2. The third-order valence-electron chi connectivity index (χ3n) is 4.56. The first-order valence-corrected chi connectivity index (χ1v) is 10.2. The Morgan fingerprint density at radius 3 is 2.09 bits per heavy atom. The summed E-state index contributed by atoms with van der Waals surface area (Å²) in [4.78, 5) is 20.3. The molecule has 2 rings (SSSR count). The number of aliphatic carboxylic acids is 2. The Kier molecular flexibility index (Phi) is 10.9. The lowest BCUT2D eigenvalue weighted by Crippen LogP contribution is -2.37. The van der Waals surface area contributed by atoms with Crippen molar-refractivity contribution in [2.45, 2.75) is 38.3 Å². The van der Waals surface area contributed by atoms with Gasteiger partial charge in [0.25, 0.3) is 0 Å². The molecule has 0 aliphatic heterocycles. The minimum Gasteiger partial charge on any atom is -0.491 e. The van der Waals surface area contributed by atoms with E-state index in [0.29, 0.717) is 13.1 Å². The van der Waals surface area contributed by atoms with Gasteiger partial charge in [-0.05, 0) is 49.3 Å². The molecule has 0 spiro atoms. The zero-order chi connectivity index (χ0) is 24.3. The lowest BCUT2D eigenvalue weighted by atomic mass is 9.87. The summed E-state index contributed by atoms with van der Waals surface area (Å²) in [5.41, 5.74) is 1.39.